The van der Waals surface area contributed by atoms with Crippen LogP contribution < -0.4 is 5.32 Å². The van der Waals surface area contributed by atoms with Gasteiger partial charge in [-0.3, -0.25) is 4.79 Å². The van der Waals surface area contributed by atoms with Crippen molar-refractivity contribution in [2.75, 3.05) is 6.54 Å². The highest BCUT2D eigenvalue weighted by molar-refractivity contribution is 5.85. The normalized spacial score (nSPS) is 23.8. The smallest absolute Gasteiger partial charge is 0.320 e. The van der Waals surface area contributed by atoms with Crippen molar-refractivity contribution in [2.24, 2.45) is 0 Å². The predicted molar refractivity (Wildman–Crippen MR) is 65.2 cm³/mol. The molecular formula is C12H16ClNO2. The summed E-state index contributed by atoms with van der Waals surface area (Å²) in [6.45, 7) is 2.84. The van der Waals surface area contributed by atoms with Crippen LogP contribution >= 0.6 is 12.4 Å². The molecule has 0 amide bonds. The van der Waals surface area contributed by atoms with Crippen LogP contribution in [0.2, 0.25) is 0 Å². The monoisotopic (exact) mass is 241 g/mol. The standard InChI is InChI=1S/C12H15NO2.ClH/c1-8-4-2-3-5-10(8)9-6-11(12(14)15)13-7-9;/h2-5,9,11,13H,6-7H2,1H3,(H,14,15);1H/t9-,11+;/m1./s1. The third kappa shape index (κ3) is 2.54. The van der Waals surface area contributed by atoms with E-state index in [0.29, 0.717) is 12.3 Å². The first-order valence-corrected chi connectivity index (χ1v) is 5.20. The molecule has 0 spiro atoms. The number of rotatable bonds is 2. The third-order valence-electron chi connectivity index (χ3n) is 3.06. The Hall–Kier alpha value is -1.06. The molecule has 1 fully saturated rings. The molecule has 0 unspecified atom stereocenters. The molecule has 1 aliphatic rings. The van der Waals surface area contributed by atoms with Gasteiger partial charge in [0.25, 0.3) is 0 Å². The molecule has 0 saturated carbocycles. The Kier molecular flexibility index (Phi) is 4.33. The summed E-state index contributed by atoms with van der Waals surface area (Å²) in [6.07, 6.45) is 0.695. The molecule has 0 aliphatic carbocycles. The molecule has 0 aromatic heterocycles. The van der Waals surface area contributed by atoms with Gasteiger partial charge >= 0.3 is 5.97 Å². The van der Waals surface area contributed by atoms with Gasteiger partial charge in [-0.15, -0.1) is 12.4 Å². The number of nitrogens with one attached hydrogen (secondary N) is 1. The summed E-state index contributed by atoms with van der Waals surface area (Å²) in [7, 11) is 0. The fourth-order valence-electron chi connectivity index (χ4n) is 2.21. The zero-order chi connectivity index (χ0) is 10.8. The first-order chi connectivity index (χ1) is 7.18. The Morgan fingerprint density at radius 3 is 2.69 bits per heavy atom. The maximum atomic E-state index is 10.8. The number of hydrogen-bond donors (Lipinski definition) is 2. The van der Waals surface area contributed by atoms with Crippen molar-refractivity contribution in [2.45, 2.75) is 25.3 Å². The lowest BCUT2D eigenvalue weighted by atomic mass is 9.93. The Balaban J connectivity index is 0.00000128. The Morgan fingerprint density at radius 2 is 2.12 bits per heavy atom. The van der Waals surface area contributed by atoms with Crippen LogP contribution in [0.4, 0.5) is 0 Å². The quantitative estimate of drug-likeness (QED) is 0.832. The van der Waals surface area contributed by atoms with Gasteiger partial charge in [0.15, 0.2) is 0 Å². The summed E-state index contributed by atoms with van der Waals surface area (Å²) < 4.78 is 0. The van der Waals surface area contributed by atoms with Crippen molar-refractivity contribution in [3.05, 3.63) is 35.4 Å². The van der Waals surface area contributed by atoms with E-state index in [2.05, 4.69) is 24.4 Å². The second-order valence-corrected chi connectivity index (χ2v) is 4.09. The molecule has 1 aliphatic heterocycles. The number of carboxylic acid groups (broad SMARTS) is 1. The molecule has 4 heteroatoms. The van der Waals surface area contributed by atoms with Gasteiger partial charge in [0, 0.05) is 6.54 Å². The summed E-state index contributed by atoms with van der Waals surface area (Å²) >= 11 is 0. The molecule has 16 heavy (non-hydrogen) atoms. The summed E-state index contributed by atoms with van der Waals surface area (Å²) in [5.74, 6) is -0.404. The average molecular weight is 242 g/mol. The van der Waals surface area contributed by atoms with E-state index in [4.69, 9.17) is 5.11 Å². The topological polar surface area (TPSA) is 49.3 Å². The van der Waals surface area contributed by atoms with E-state index in [1.54, 1.807) is 0 Å². The molecule has 3 nitrogen and oxygen atoms in total. The zero-order valence-electron chi connectivity index (χ0n) is 9.14. The van der Waals surface area contributed by atoms with Gasteiger partial charge in [-0.05, 0) is 30.4 Å². The van der Waals surface area contributed by atoms with E-state index >= 15 is 0 Å². The summed E-state index contributed by atoms with van der Waals surface area (Å²) in [5, 5.41) is 11.9. The molecular weight excluding hydrogens is 226 g/mol. The molecule has 1 heterocycles. The van der Waals surface area contributed by atoms with Crippen LogP contribution in [0.25, 0.3) is 0 Å². The third-order valence-corrected chi connectivity index (χ3v) is 3.06. The van der Waals surface area contributed by atoms with Gasteiger partial charge < -0.3 is 10.4 Å². The highest BCUT2D eigenvalue weighted by Gasteiger charge is 2.30. The van der Waals surface area contributed by atoms with Gasteiger partial charge in [-0.1, -0.05) is 24.3 Å². The molecule has 2 atom stereocenters. The minimum Gasteiger partial charge on any atom is -0.480 e. The van der Waals surface area contributed by atoms with E-state index < -0.39 is 5.97 Å². The largest absolute Gasteiger partial charge is 0.480 e. The first-order valence-electron chi connectivity index (χ1n) is 5.20. The number of halogens is 1. The van der Waals surface area contributed by atoms with Crippen molar-refractivity contribution in [3.8, 4) is 0 Å². The molecule has 0 radical (unpaired) electrons. The van der Waals surface area contributed by atoms with Crippen molar-refractivity contribution >= 4 is 18.4 Å². The second kappa shape index (κ2) is 5.32. The van der Waals surface area contributed by atoms with Crippen LogP contribution in [0.5, 0.6) is 0 Å². The lowest BCUT2D eigenvalue weighted by molar-refractivity contribution is -0.139. The van der Waals surface area contributed by atoms with Crippen LogP contribution in [0.15, 0.2) is 24.3 Å². The van der Waals surface area contributed by atoms with Gasteiger partial charge in [-0.2, -0.15) is 0 Å². The molecule has 1 aromatic rings. The number of aryl methyl sites for hydroxylation is 1. The van der Waals surface area contributed by atoms with E-state index in [1.807, 2.05) is 12.1 Å². The Bertz CT molecular complexity index is 381. The highest BCUT2D eigenvalue weighted by atomic mass is 35.5. The molecule has 2 rings (SSSR count). The number of hydrogen-bond acceptors (Lipinski definition) is 2. The molecule has 88 valence electrons. The van der Waals surface area contributed by atoms with Crippen LogP contribution in [-0.2, 0) is 4.79 Å². The lowest BCUT2D eigenvalue weighted by Gasteiger charge is -2.11. The van der Waals surface area contributed by atoms with Gasteiger partial charge in [-0.25, -0.2) is 0 Å². The summed E-state index contributed by atoms with van der Waals surface area (Å²) in [4.78, 5) is 10.8. The van der Waals surface area contributed by atoms with Gasteiger partial charge in [0.1, 0.15) is 6.04 Å². The van der Waals surface area contributed by atoms with E-state index in [-0.39, 0.29) is 18.4 Å². The summed E-state index contributed by atoms with van der Waals surface area (Å²) in [5.41, 5.74) is 2.52. The van der Waals surface area contributed by atoms with Gasteiger partial charge in [0.05, 0.1) is 0 Å². The van der Waals surface area contributed by atoms with Gasteiger partial charge in [0.2, 0.25) is 0 Å². The Morgan fingerprint density at radius 1 is 1.44 bits per heavy atom. The maximum Gasteiger partial charge on any atom is 0.320 e. The second-order valence-electron chi connectivity index (χ2n) is 4.09. The number of carbonyl (C=O) groups is 1. The average Bonchev–Trinajstić information content (AvgIpc) is 2.67. The zero-order valence-corrected chi connectivity index (χ0v) is 9.96. The van der Waals surface area contributed by atoms with Crippen molar-refractivity contribution in [3.63, 3.8) is 0 Å². The SMILES string of the molecule is Cc1ccccc1[C@H]1CN[C@H](C(=O)O)C1.Cl. The first kappa shape index (κ1) is 13.0. The van der Waals surface area contributed by atoms with Crippen molar-refractivity contribution in [1.29, 1.82) is 0 Å². The van der Waals surface area contributed by atoms with Crippen molar-refractivity contribution in [1.82, 2.24) is 5.32 Å². The van der Waals surface area contributed by atoms with Crippen LogP contribution in [-0.4, -0.2) is 23.7 Å². The van der Waals surface area contributed by atoms with E-state index in [9.17, 15) is 4.79 Å². The fourth-order valence-corrected chi connectivity index (χ4v) is 2.21. The maximum absolute atomic E-state index is 10.8. The number of benzene rings is 1. The minimum atomic E-state index is -0.744. The lowest BCUT2D eigenvalue weighted by Crippen LogP contribution is -2.29. The molecule has 1 aromatic carbocycles. The molecule has 2 N–H and O–H groups in total. The molecule has 1 saturated heterocycles. The number of aliphatic carboxylic acids is 1. The van der Waals surface area contributed by atoms with E-state index in [0.717, 1.165) is 6.54 Å². The van der Waals surface area contributed by atoms with Crippen LogP contribution in [0, 0.1) is 6.92 Å². The van der Waals surface area contributed by atoms with E-state index in [1.165, 1.54) is 11.1 Å². The number of carboxylic acids is 1. The highest BCUT2D eigenvalue weighted by Crippen LogP contribution is 2.27. The van der Waals surface area contributed by atoms with Crippen molar-refractivity contribution < 1.29 is 9.90 Å². The fraction of sp³-hybridized carbons (Fsp3) is 0.417. The van der Waals surface area contributed by atoms with Crippen LogP contribution in [0.1, 0.15) is 23.5 Å². The minimum absolute atomic E-state index is 0. The summed E-state index contributed by atoms with van der Waals surface area (Å²) in [6, 6.07) is 7.80. The molecule has 0 bridgehead atoms. The van der Waals surface area contributed by atoms with Crippen LogP contribution in [0.3, 0.4) is 0 Å². The Labute approximate surface area is 101 Å². The predicted octanol–water partition coefficient (Wildman–Crippen LogP) is 1.95.